The van der Waals surface area contributed by atoms with Crippen LogP contribution in [-0.2, 0) is 14.2 Å². The minimum absolute atomic E-state index is 0.0400. The van der Waals surface area contributed by atoms with Gasteiger partial charge in [-0.1, -0.05) is 0 Å². The van der Waals surface area contributed by atoms with Crippen LogP contribution in [-0.4, -0.2) is 84.7 Å². The molecule has 1 aliphatic heterocycles. The summed E-state index contributed by atoms with van der Waals surface area (Å²) in [5.41, 5.74) is 0.212. The number of nitrogens with zero attached hydrogens (tertiary/aromatic N) is 2. The molecule has 1 aliphatic carbocycles. The van der Waals surface area contributed by atoms with Crippen molar-refractivity contribution in [1.82, 2.24) is 9.80 Å². The lowest BCUT2D eigenvalue weighted by Crippen LogP contribution is -2.53. The second-order valence-electron chi connectivity index (χ2n) is 13.4. The maximum Gasteiger partial charge on any atom is 0.0612 e. The molecule has 1 heterocycles. The summed E-state index contributed by atoms with van der Waals surface area (Å²) in [7, 11) is 0. The molecule has 33 heavy (non-hydrogen) atoms. The van der Waals surface area contributed by atoms with Gasteiger partial charge in [-0.3, -0.25) is 9.80 Å². The molecule has 2 aliphatic rings. The molecule has 0 atom stereocenters. The van der Waals surface area contributed by atoms with E-state index in [-0.39, 0.29) is 11.2 Å². The van der Waals surface area contributed by atoms with Gasteiger partial charge in [-0.05, 0) is 120 Å². The summed E-state index contributed by atoms with van der Waals surface area (Å²) < 4.78 is 18.1. The number of unbranched alkanes of at least 4 members (excludes halogenated alkanes) is 1. The molecule has 0 bridgehead atoms. The Morgan fingerprint density at radius 1 is 0.788 bits per heavy atom. The van der Waals surface area contributed by atoms with Gasteiger partial charge in [0.2, 0.25) is 0 Å². The Hall–Kier alpha value is -0.200. The Labute approximate surface area is 205 Å². The molecule has 0 N–H and O–H groups in total. The fourth-order valence-corrected chi connectivity index (χ4v) is 4.94. The van der Waals surface area contributed by atoms with Gasteiger partial charge in [-0.15, -0.1) is 0 Å². The minimum atomic E-state index is -0.0416. The molecule has 2 rings (SSSR count). The average molecular weight is 469 g/mol. The van der Waals surface area contributed by atoms with Gasteiger partial charge >= 0.3 is 0 Å². The molecule has 5 nitrogen and oxygen atoms in total. The van der Waals surface area contributed by atoms with E-state index < -0.39 is 0 Å². The van der Waals surface area contributed by atoms with E-state index in [1.165, 1.54) is 45.3 Å². The molecule has 0 radical (unpaired) electrons. The molecule has 196 valence electrons. The van der Waals surface area contributed by atoms with E-state index in [0.717, 1.165) is 45.1 Å². The molecule has 0 amide bonds. The lowest BCUT2D eigenvalue weighted by Gasteiger charge is -2.47. The maximum atomic E-state index is 6.22. The van der Waals surface area contributed by atoms with Crippen LogP contribution in [0.5, 0.6) is 0 Å². The molecule has 0 aromatic rings. The molecule has 0 spiro atoms. The van der Waals surface area contributed by atoms with Crippen LogP contribution in [0.15, 0.2) is 0 Å². The standard InChI is InChI=1S/C28H56N2O3/c1-26(2,3)30-14-12-23(13-15-30)22-29(24-20-25(21-24)33-28(7,8)9)16-19-31-17-10-11-18-32-27(4,5)6/h23-25H,10-22H2,1-9H3. The molecular formula is C28H56N2O3. The van der Waals surface area contributed by atoms with Crippen LogP contribution < -0.4 is 0 Å². The van der Waals surface area contributed by atoms with Gasteiger partial charge in [-0.25, -0.2) is 0 Å². The van der Waals surface area contributed by atoms with Gasteiger partial charge in [0.25, 0.3) is 0 Å². The first-order valence-electron chi connectivity index (χ1n) is 13.6. The SMILES string of the molecule is CC(C)(C)OCCCCOCCN(CC1CCN(C(C)(C)C)CC1)C1CC(OC(C)(C)C)C1. The van der Waals surface area contributed by atoms with Crippen LogP contribution in [0, 0.1) is 5.92 Å². The van der Waals surface area contributed by atoms with Crippen molar-refractivity contribution in [3.8, 4) is 0 Å². The van der Waals surface area contributed by atoms with Crippen LogP contribution in [0.4, 0.5) is 0 Å². The van der Waals surface area contributed by atoms with Gasteiger partial charge < -0.3 is 14.2 Å². The van der Waals surface area contributed by atoms with Crippen molar-refractivity contribution in [2.45, 2.75) is 130 Å². The van der Waals surface area contributed by atoms with Crippen molar-refractivity contribution in [3.05, 3.63) is 0 Å². The number of hydrogen-bond donors (Lipinski definition) is 0. The van der Waals surface area contributed by atoms with E-state index in [2.05, 4.69) is 72.1 Å². The molecule has 0 unspecified atom stereocenters. The maximum absolute atomic E-state index is 6.22. The first-order valence-corrected chi connectivity index (χ1v) is 13.6. The Morgan fingerprint density at radius 3 is 1.94 bits per heavy atom. The van der Waals surface area contributed by atoms with E-state index >= 15 is 0 Å². The molecule has 0 aromatic heterocycles. The van der Waals surface area contributed by atoms with E-state index in [1.54, 1.807) is 0 Å². The van der Waals surface area contributed by atoms with Crippen LogP contribution >= 0.6 is 0 Å². The highest BCUT2D eigenvalue weighted by atomic mass is 16.5. The number of ether oxygens (including phenoxy) is 3. The van der Waals surface area contributed by atoms with E-state index in [1.807, 2.05) is 0 Å². The zero-order valence-electron chi connectivity index (χ0n) is 23.5. The van der Waals surface area contributed by atoms with Crippen LogP contribution in [0.1, 0.15) is 101 Å². The summed E-state index contributed by atoms with van der Waals surface area (Å²) in [5.74, 6) is 0.806. The Bertz CT molecular complexity index is 533. The smallest absolute Gasteiger partial charge is 0.0612 e. The van der Waals surface area contributed by atoms with Crippen molar-refractivity contribution in [2.75, 3.05) is 46.0 Å². The molecular weight excluding hydrogens is 412 g/mol. The summed E-state index contributed by atoms with van der Waals surface area (Å²) in [6.07, 6.45) is 7.54. The predicted octanol–water partition coefficient (Wildman–Crippen LogP) is 5.76. The minimum Gasteiger partial charge on any atom is -0.380 e. The number of piperidine rings is 1. The second kappa shape index (κ2) is 12.7. The van der Waals surface area contributed by atoms with Gasteiger partial charge in [-0.2, -0.15) is 0 Å². The van der Waals surface area contributed by atoms with Crippen molar-refractivity contribution in [3.63, 3.8) is 0 Å². The summed E-state index contributed by atoms with van der Waals surface area (Å²) in [6, 6.07) is 0.654. The number of rotatable bonds is 12. The largest absolute Gasteiger partial charge is 0.380 e. The molecule has 1 saturated carbocycles. The third-order valence-corrected chi connectivity index (χ3v) is 6.90. The Balaban J connectivity index is 1.73. The normalized spacial score (nSPS) is 23.8. The molecule has 1 saturated heterocycles. The molecule has 0 aromatic carbocycles. The van der Waals surface area contributed by atoms with E-state index in [9.17, 15) is 0 Å². The summed E-state index contributed by atoms with van der Waals surface area (Å²) in [4.78, 5) is 5.37. The number of likely N-dealkylation sites (tertiary alicyclic amines) is 1. The fourth-order valence-electron chi connectivity index (χ4n) is 4.94. The fraction of sp³-hybridized carbons (Fsp3) is 1.00. The van der Waals surface area contributed by atoms with Crippen molar-refractivity contribution in [2.24, 2.45) is 5.92 Å². The van der Waals surface area contributed by atoms with Gasteiger partial charge in [0.15, 0.2) is 0 Å². The lowest BCUT2D eigenvalue weighted by atomic mass is 9.85. The van der Waals surface area contributed by atoms with E-state index in [4.69, 9.17) is 14.2 Å². The summed E-state index contributed by atoms with van der Waals surface area (Å²) >= 11 is 0. The monoisotopic (exact) mass is 468 g/mol. The van der Waals surface area contributed by atoms with Crippen molar-refractivity contribution >= 4 is 0 Å². The highest BCUT2D eigenvalue weighted by Gasteiger charge is 2.37. The van der Waals surface area contributed by atoms with Crippen LogP contribution in [0.25, 0.3) is 0 Å². The third-order valence-electron chi connectivity index (χ3n) is 6.90. The molecule has 2 fully saturated rings. The zero-order chi connectivity index (χ0) is 24.7. The predicted molar refractivity (Wildman–Crippen MR) is 139 cm³/mol. The highest BCUT2D eigenvalue weighted by molar-refractivity contribution is 4.91. The first-order chi connectivity index (χ1) is 15.2. The average Bonchev–Trinajstić information content (AvgIpc) is 2.63. The first kappa shape index (κ1) is 29.0. The van der Waals surface area contributed by atoms with Crippen LogP contribution in [0.3, 0.4) is 0 Å². The summed E-state index contributed by atoms with van der Waals surface area (Å²) in [6.45, 7) is 27.1. The van der Waals surface area contributed by atoms with E-state index in [0.29, 0.717) is 17.7 Å². The number of hydrogen-bond acceptors (Lipinski definition) is 5. The van der Waals surface area contributed by atoms with Crippen molar-refractivity contribution < 1.29 is 14.2 Å². The topological polar surface area (TPSA) is 34.2 Å². The lowest BCUT2D eigenvalue weighted by molar-refractivity contribution is -0.123. The van der Waals surface area contributed by atoms with Crippen LogP contribution in [0.2, 0.25) is 0 Å². The summed E-state index contributed by atoms with van der Waals surface area (Å²) in [5, 5.41) is 0. The van der Waals surface area contributed by atoms with Crippen molar-refractivity contribution in [1.29, 1.82) is 0 Å². The van der Waals surface area contributed by atoms with Gasteiger partial charge in [0, 0.05) is 37.9 Å². The second-order valence-corrected chi connectivity index (χ2v) is 13.4. The van der Waals surface area contributed by atoms with Gasteiger partial charge in [0.05, 0.1) is 23.9 Å². The van der Waals surface area contributed by atoms with Gasteiger partial charge in [0.1, 0.15) is 0 Å². The quantitative estimate of drug-likeness (QED) is 0.340. The highest BCUT2D eigenvalue weighted by Crippen LogP contribution is 2.33. The molecule has 5 heteroatoms. The third kappa shape index (κ3) is 11.9. The Morgan fingerprint density at radius 2 is 1.39 bits per heavy atom. The Kier molecular flexibility index (Phi) is 11.1. The zero-order valence-corrected chi connectivity index (χ0v) is 23.5.